The molecule has 1 unspecified atom stereocenters. The van der Waals surface area contributed by atoms with Crippen LogP contribution in [0.15, 0.2) is 48.5 Å². The number of para-hydroxylation sites is 2. The molecule has 0 bridgehead atoms. The van der Waals surface area contributed by atoms with E-state index in [1.165, 1.54) is 0 Å². The standard InChI is InChI=1S/C21H22ClN3O4/c1-3-12-29-17-7-5-4-6-16(17)23-18(26)13-25-19(27)21(2,24-20(25)28)14-8-10-15(22)11-9-14/h4-11H,3,12-13H2,1-2H3,(H,23,26)(H,24,28). The average molecular weight is 416 g/mol. The first-order chi connectivity index (χ1) is 13.8. The van der Waals surface area contributed by atoms with Crippen LogP contribution in [0.1, 0.15) is 25.8 Å². The number of amides is 4. The van der Waals surface area contributed by atoms with Crippen LogP contribution in [0.2, 0.25) is 5.02 Å². The van der Waals surface area contributed by atoms with Gasteiger partial charge in [0.2, 0.25) is 5.91 Å². The van der Waals surface area contributed by atoms with Crippen LogP contribution in [0.25, 0.3) is 0 Å². The van der Waals surface area contributed by atoms with E-state index >= 15 is 0 Å². The fourth-order valence-corrected chi connectivity index (χ4v) is 3.19. The fourth-order valence-electron chi connectivity index (χ4n) is 3.06. The van der Waals surface area contributed by atoms with E-state index in [0.29, 0.717) is 28.6 Å². The first kappa shape index (κ1) is 20.7. The van der Waals surface area contributed by atoms with E-state index in [1.807, 2.05) is 6.92 Å². The Labute approximate surface area is 174 Å². The minimum atomic E-state index is -1.26. The zero-order chi connectivity index (χ0) is 21.0. The van der Waals surface area contributed by atoms with Crippen molar-refractivity contribution in [3.05, 3.63) is 59.1 Å². The predicted octanol–water partition coefficient (Wildman–Crippen LogP) is 3.53. The number of hydrogen-bond acceptors (Lipinski definition) is 4. The number of hydrogen-bond donors (Lipinski definition) is 2. The number of ether oxygens (including phenoxy) is 1. The zero-order valence-corrected chi connectivity index (χ0v) is 17.0. The Hall–Kier alpha value is -3.06. The Morgan fingerprint density at radius 3 is 2.55 bits per heavy atom. The third-order valence-electron chi connectivity index (χ3n) is 4.62. The van der Waals surface area contributed by atoms with Crippen LogP contribution in [0.5, 0.6) is 5.75 Å². The third kappa shape index (κ3) is 4.35. The van der Waals surface area contributed by atoms with Crippen molar-refractivity contribution in [2.45, 2.75) is 25.8 Å². The average Bonchev–Trinajstić information content (AvgIpc) is 2.91. The van der Waals surface area contributed by atoms with Gasteiger partial charge in [0.1, 0.15) is 17.8 Å². The van der Waals surface area contributed by atoms with Gasteiger partial charge in [0.05, 0.1) is 12.3 Å². The van der Waals surface area contributed by atoms with E-state index in [0.717, 1.165) is 11.3 Å². The molecule has 0 radical (unpaired) electrons. The summed E-state index contributed by atoms with van der Waals surface area (Å²) in [5, 5.41) is 5.89. The Kier molecular flexibility index (Phi) is 6.08. The number of benzene rings is 2. The highest BCUT2D eigenvalue weighted by molar-refractivity contribution is 6.30. The Morgan fingerprint density at radius 2 is 1.86 bits per heavy atom. The molecule has 7 nitrogen and oxygen atoms in total. The summed E-state index contributed by atoms with van der Waals surface area (Å²) in [5.41, 5.74) is -0.190. The van der Waals surface area contributed by atoms with Gasteiger partial charge in [-0.15, -0.1) is 0 Å². The molecule has 0 aliphatic carbocycles. The predicted molar refractivity (Wildman–Crippen MR) is 110 cm³/mol. The van der Waals surface area contributed by atoms with Crippen LogP contribution >= 0.6 is 11.6 Å². The summed E-state index contributed by atoms with van der Waals surface area (Å²) in [6.45, 7) is 3.69. The Morgan fingerprint density at radius 1 is 1.17 bits per heavy atom. The summed E-state index contributed by atoms with van der Waals surface area (Å²) >= 11 is 5.90. The molecule has 0 aromatic heterocycles. The van der Waals surface area contributed by atoms with E-state index in [2.05, 4.69) is 10.6 Å². The highest BCUT2D eigenvalue weighted by Crippen LogP contribution is 2.30. The molecule has 2 N–H and O–H groups in total. The van der Waals surface area contributed by atoms with Crippen molar-refractivity contribution in [1.82, 2.24) is 10.2 Å². The normalized spacial score (nSPS) is 18.5. The molecular formula is C21H22ClN3O4. The SMILES string of the molecule is CCCOc1ccccc1NC(=O)CN1C(=O)NC(C)(c2ccc(Cl)cc2)C1=O. The van der Waals surface area contributed by atoms with Gasteiger partial charge in [-0.1, -0.05) is 42.8 Å². The van der Waals surface area contributed by atoms with Crippen molar-refractivity contribution in [3.63, 3.8) is 0 Å². The molecular weight excluding hydrogens is 394 g/mol. The number of nitrogens with one attached hydrogen (secondary N) is 2. The van der Waals surface area contributed by atoms with Crippen LogP contribution in [-0.2, 0) is 15.1 Å². The minimum Gasteiger partial charge on any atom is -0.491 e. The van der Waals surface area contributed by atoms with Crippen molar-refractivity contribution >= 4 is 35.1 Å². The summed E-state index contributed by atoms with van der Waals surface area (Å²) in [6.07, 6.45) is 0.827. The molecule has 1 heterocycles. The molecule has 1 fully saturated rings. The number of halogens is 1. The molecule has 2 aromatic carbocycles. The molecule has 8 heteroatoms. The van der Waals surface area contributed by atoms with Gasteiger partial charge in [0.25, 0.3) is 5.91 Å². The third-order valence-corrected chi connectivity index (χ3v) is 4.87. The minimum absolute atomic E-state index is 0.407. The molecule has 0 spiro atoms. The second kappa shape index (κ2) is 8.53. The summed E-state index contributed by atoms with van der Waals surface area (Å²) < 4.78 is 5.61. The van der Waals surface area contributed by atoms with Crippen LogP contribution in [0, 0.1) is 0 Å². The zero-order valence-electron chi connectivity index (χ0n) is 16.2. The van der Waals surface area contributed by atoms with Crippen LogP contribution in [-0.4, -0.2) is 35.9 Å². The van der Waals surface area contributed by atoms with Crippen LogP contribution in [0.4, 0.5) is 10.5 Å². The molecule has 29 heavy (non-hydrogen) atoms. The lowest BCUT2D eigenvalue weighted by molar-refractivity contribution is -0.133. The molecule has 3 rings (SSSR count). The maximum atomic E-state index is 12.9. The number of carbonyl (C=O) groups is 3. The van der Waals surface area contributed by atoms with Gasteiger partial charge in [-0.3, -0.25) is 14.5 Å². The molecule has 1 saturated heterocycles. The van der Waals surface area contributed by atoms with Crippen molar-refractivity contribution < 1.29 is 19.1 Å². The van der Waals surface area contributed by atoms with Gasteiger partial charge >= 0.3 is 6.03 Å². The summed E-state index contributed by atoms with van der Waals surface area (Å²) in [7, 11) is 0. The fraction of sp³-hybridized carbons (Fsp3) is 0.286. The van der Waals surface area contributed by atoms with E-state index in [9.17, 15) is 14.4 Å². The van der Waals surface area contributed by atoms with Gasteiger partial charge in [0, 0.05) is 5.02 Å². The number of anilines is 1. The molecule has 4 amide bonds. The highest BCUT2D eigenvalue weighted by Gasteiger charge is 2.49. The summed E-state index contributed by atoms with van der Waals surface area (Å²) in [5.74, 6) is -0.470. The van der Waals surface area contributed by atoms with Crippen molar-refractivity contribution in [2.75, 3.05) is 18.5 Å². The van der Waals surface area contributed by atoms with Gasteiger partial charge in [-0.05, 0) is 43.2 Å². The summed E-state index contributed by atoms with van der Waals surface area (Å²) in [6, 6.07) is 13.0. The maximum absolute atomic E-state index is 12.9. The Balaban J connectivity index is 1.72. The van der Waals surface area contributed by atoms with Gasteiger partial charge < -0.3 is 15.4 Å². The largest absolute Gasteiger partial charge is 0.491 e. The van der Waals surface area contributed by atoms with E-state index in [4.69, 9.17) is 16.3 Å². The van der Waals surface area contributed by atoms with Crippen LogP contribution < -0.4 is 15.4 Å². The van der Waals surface area contributed by atoms with E-state index < -0.39 is 29.9 Å². The van der Waals surface area contributed by atoms with Crippen molar-refractivity contribution in [1.29, 1.82) is 0 Å². The number of urea groups is 1. The Bertz CT molecular complexity index is 932. The lowest BCUT2D eigenvalue weighted by Crippen LogP contribution is -2.42. The lowest BCUT2D eigenvalue weighted by Gasteiger charge is -2.22. The molecule has 0 saturated carbocycles. The van der Waals surface area contributed by atoms with Gasteiger partial charge in [-0.2, -0.15) is 0 Å². The smallest absolute Gasteiger partial charge is 0.325 e. The van der Waals surface area contributed by atoms with E-state index in [1.54, 1.807) is 55.5 Å². The lowest BCUT2D eigenvalue weighted by atomic mass is 9.92. The molecule has 2 aromatic rings. The van der Waals surface area contributed by atoms with Gasteiger partial charge in [0.15, 0.2) is 0 Å². The number of imide groups is 1. The molecule has 152 valence electrons. The monoisotopic (exact) mass is 415 g/mol. The van der Waals surface area contributed by atoms with Crippen LogP contribution in [0.3, 0.4) is 0 Å². The number of nitrogens with zero attached hydrogens (tertiary/aromatic N) is 1. The first-order valence-corrected chi connectivity index (χ1v) is 9.64. The summed E-state index contributed by atoms with van der Waals surface area (Å²) in [4.78, 5) is 38.7. The number of carbonyl (C=O) groups excluding carboxylic acids is 3. The quantitative estimate of drug-likeness (QED) is 0.677. The van der Waals surface area contributed by atoms with E-state index in [-0.39, 0.29) is 0 Å². The number of rotatable bonds is 7. The second-order valence-corrected chi connectivity index (χ2v) is 7.28. The van der Waals surface area contributed by atoms with Gasteiger partial charge in [-0.25, -0.2) is 4.79 Å². The highest BCUT2D eigenvalue weighted by atomic mass is 35.5. The first-order valence-electron chi connectivity index (χ1n) is 9.27. The van der Waals surface area contributed by atoms with Crippen molar-refractivity contribution in [3.8, 4) is 5.75 Å². The molecule has 1 aliphatic rings. The second-order valence-electron chi connectivity index (χ2n) is 6.85. The topological polar surface area (TPSA) is 87.7 Å². The molecule has 1 atom stereocenters. The van der Waals surface area contributed by atoms with Crippen molar-refractivity contribution in [2.24, 2.45) is 0 Å². The maximum Gasteiger partial charge on any atom is 0.325 e. The molecule has 1 aliphatic heterocycles.